The standard InChI is InChI=1S/C17H21N3O5S2/c1-17(2,3)25-16(21)19-8-6-12(7-9-19)27(24)15-18-13-10-11(20(22)23)4-5-14(13)26-15/h4-5,10,12H,6-9H2,1-3H3/t27-/m0/s1. The first-order valence-electron chi connectivity index (χ1n) is 8.57. The van der Waals surface area contributed by atoms with Gasteiger partial charge in [0.2, 0.25) is 0 Å². The number of aromatic nitrogens is 1. The number of nitrogens with zero attached hydrogens (tertiary/aromatic N) is 3. The van der Waals surface area contributed by atoms with Crippen LogP contribution < -0.4 is 0 Å². The summed E-state index contributed by atoms with van der Waals surface area (Å²) in [6, 6.07) is 4.46. The van der Waals surface area contributed by atoms with Gasteiger partial charge >= 0.3 is 6.09 Å². The molecule has 0 N–H and O–H groups in total. The number of carbonyl (C=O) groups excluding carboxylic acids is 1. The van der Waals surface area contributed by atoms with Gasteiger partial charge in [-0.05, 0) is 39.7 Å². The highest BCUT2D eigenvalue weighted by molar-refractivity contribution is 7.88. The summed E-state index contributed by atoms with van der Waals surface area (Å²) < 4.78 is 19.5. The molecule has 0 unspecified atom stereocenters. The molecule has 1 aliphatic heterocycles. The second-order valence-corrected chi connectivity index (χ2v) is 10.3. The molecule has 1 aromatic carbocycles. The fourth-order valence-corrected chi connectivity index (χ4v) is 5.61. The molecular formula is C17H21N3O5S2. The van der Waals surface area contributed by atoms with E-state index >= 15 is 0 Å². The Kier molecular flexibility index (Phi) is 5.48. The number of non-ortho nitro benzene ring substituents is 1. The zero-order valence-corrected chi connectivity index (χ0v) is 17.0. The third-order valence-electron chi connectivity index (χ3n) is 4.13. The number of piperidine rings is 1. The summed E-state index contributed by atoms with van der Waals surface area (Å²) in [5, 5.41) is 10.8. The van der Waals surface area contributed by atoms with Crippen molar-refractivity contribution in [3.8, 4) is 0 Å². The Morgan fingerprint density at radius 1 is 1.37 bits per heavy atom. The molecule has 1 aromatic heterocycles. The number of nitro groups is 1. The van der Waals surface area contributed by atoms with E-state index in [0.29, 0.717) is 35.8 Å². The van der Waals surface area contributed by atoms with Crippen molar-refractivity contribution in [1.29, 1.82) is 0 Å². The Bertz CT molecular complexity index is 898. The quantitative estimate of drug-likeness (QED) is 0.563. The Balaban J connectivity index is 1.66. The summed E-state index contributed by atoms with van der Waals surface area (Å²) >= 11 is 1.30. The molecule has 10 heteroatoms. The van der Waals surface area contributed by atoms with Crippen LogP contribution in [0.25, 0.3) is 10.2 Å². The normalized spacial score (nSPS) is 17.1. The van der Waals surface area contributed by atoms with E-state index in [0.717, 1.165) is 4.70 Å². The largest absolute Gasteiger partial charge is 0.444 e. The van der Waals surface area contributed by atoms with E-state index in [1.807, 2.05) is 20.8 Å². The summed E-state index contributed by atoms with van der Waals surface area (Å²) in [5.74, 6) is 0. The molecule has 8 nitrogen and oxygen atoms in total. The first kappa shape index (κ1) is 19.7. The lowest BCUT2D eigenvalue weighted by molar-refractivity contribution is -0.384. The minimum Gasteiger partial charge on any atom is -0.444 e. The highest BCUT2D eigenvalue weighted by atomic mass is 32.2. The molecule has 3 rings (SSSR count). The topological polar surface area (TPSA) is 103 Å². The van der Waals surface area contributed by atoms with Crippen LogP contribution in [0.5, 0.6) is 0 Å². The first-order valence-corrected chi connectivity index (χ1v) is 10.6. The minimum absolute atomic E-state index is 0.0317. The summed E-state index contributed by atoms with van der Waals surface area (Å²) in [6.07, 6.45) is 0.850. The summed E-state index contributed by atoms with van der Waals surface area (Å²) in [4.78, 5) is 28.5. The molecule has 2 aromatic rings. The molecule has 1 saturated heterocycles. The molecule has 146 valence electrons. The number of likely N-dealkylation sites (tertiary alicyclic amines) is 1. The Labute approximate surface area is 163 Å². The maximum Gasteiger partial charge on any atom is 0.410 e. The molecule has 2 heterocycles. The van der Waals surface area contributed by atoms with Gasteiger partial charge in [-0.15, -0.1) is 11.3 Å². The van der Waals surface area contributed by atoms with Gasteiger partial charge in [-0.2, -0.15) is 0 Å². The van der Waals surface area contributed by atoms with Gasteiger partial charge < -0.3 is 9.64 Å². The summed E-state index contributed by atoms with van der Waals surface area (Å²) in [6.45, 7) is 6.45. The van der Waals surface area contributed by atoms with Gasteiger partial charge in [0.15, 0.2) is 4.34 Å². The van der Waals surface area contributed by atoms with E-state index in [1.54, 1.807) is 11.0 Å². The van der Waals surface area contributed by atoms with Crippen LogP contribution in [0.2, 0.25) is 0 Å². The molecule has 1 fully saturated rings. The number of thiazole rings is 1. The van der Waals surface area contributed by atoms with E-state index in [9.17, 15) is 19.1 Å². The molecule has 0 aliphatic carbocycles. The fourth-order valence-electron chi connectivity index (χ4n) is 2.82. The highest BCUT2D eigenvalue weighted by Crippen LogP contribution is 2.30. The van der Waals surface area contributed by atoms with Gasteiger partial charge in [-0.1, -0.05) is 0 Å². The maximum absolute atomic E-state index is 12.9. The smallest absolute Gasteiger partial charge is 0.410 e. The van der Waals surface area contributed by atoms with E-state index in [2.05, 4.69) is 4.98 Å². The van der Waals surface area contributed by atoms with E-state index in [4.69, 9.17) is 4.74 Å². The Morgan fingerprint density at radius 2 is 2.04 bits per heavy atom. The van der Waals surface area contributed by atoms with Crippen LogP contribution in [0.4, 0.5) is 10.5 Å². The third kappa shape index (κ3) is 4.62. The van der Waals surface area contributed by atoms with Gasteiger partial charge in [0, 0.05) is 30.5 Å². The van der Waals surface area contributed by atoms with Gasteiger partial charge in [-0.3, -0.25) is 14.3 Å². The maximum atomic E-state index is 12.9. The van der Waals surface area contributed by atoms with Gasteiger partial charge in [0.25, 0.3) is 5.69 Å². The molecule has 1 atom stereocenters. The first-order chi connectivity index (χ1) is 12.6. The molecule has 0 saturated carbocycles. The number of ether oxygens (including phenoxy) is 1. The molecule has 0 bridgehead atoms. The SMILES string of the molecule is CC(C)(C)OC(=O)N1CCC([S@](=O)c2nc3cc([N+](=O)[O-])ccc3s2)CC1. The molecule has 0 radical (unpaired) electrons. The lowest BCUT2D eigenvalue weighted by Crippen LogP contribution is -2.43. The van der Waals surface area contributed by atoms with Crippen LogP contribution in [0.1, 0.15) is 33.6 Å². The number of fused-ring (bicyclic) bond motifs is 1. The van der Waals surface area contributed by atoms with Crippen molar-refractivity contribution in [1.82, 2.24) is 9.88 Å². The van der Waals surface area contributed by atoms with Gasteiger partial charge in [0.05, 0.1) is 25.9 Å². The van der Waals surface area contributed by atoms with Crippen LogP contribution in [0.3, 0.4) is 0 Å². The second-order valence-electron chi connectivity index (χ2n) is 7.35. The average Bonchev–Trinajstić information content (AvgIpc) is 3.02. The van der Waals surface area contributed by atoms with E-state index in [-0.39, 0.29) is 17.0 Å². The van der Waals surface area contributed by atoms with Crippen molar-refractivity contribution >= 4 is 44.1 Å². The van der Waals surface area contributed by atoms with Crippen LogP contribution >= 0.6 is 11.3 Å². The van der Waals surface area contributed by atoms with E-state index in [1.165, 1.54) is 23.5 Å². The third-order valence-corrected chi connectivity index (χ3v) is 7.22. The van der Waals surface area contributed by atoms with Crippen molar-refractivity contribution in [2.75, 3.05) is 13.1 Å². The van der Waals surface area contributed by atoms with E-state index < -0.39 is 21.3 Å². The second kappa shape index (κ2) is 7.51. The van der Waals surface area contributed by atoms with Crippen LogP contribution in [-0.4, -0.2) is 49.0 Å². The number of nitro benzene ring substituents is 1. The van der Waals surface area contributed by atoms with Crippen molar-refractivity contribution < 1.29 is 18.7 Å². The molecule has 1 aliphatic rings. The zero-order valence-electron chi connectivity index (χ0n) is 15.3. The number of rotatable bonds is 3. The van der Waals surface area contributed by atoms with Gasteiger partial charge in [0.1, 0.15) is 5.60 Å². The van der Waals surface area contributed by atoms with Crippen LogP contribution in [0.15, 0.2) is 22.5 Å². The number of hydrogen-bond acceptors (Lipinski definition) is 7. The van der Waals surface area contributed by atoms with Crippen LogP contribution in [-0.2, 0) is 15.5 Å². The predicted molar refractivity (Wildman–Crippen MR) is 104 cm³/mol. The number of amides is 1. The lowest BCUT2D eigenvalue weighted by Gasteiger charge is -2.32. The lowest BCUT2D eigenvalue weighted by atomic mass is 10.1. The number of carbonyl (C=O) groups is 1. The average molecular weight is 412 g/mol. The van der Waals surface area contributed by atoms with Crippen molar-refractivity contribution in [3.63, 3.8) is 0 Å². The van der Waals surface area contributed by atoms with Crippen molar-refractivity contribution in [2.45, 2.75) is 48.8 Å². The summed E-state index contributed by atoms with van der Waals surface area (Å²) in [7, 11) is -1.31. The van der Waals surface area contributed by atoms with Crippen molar-refractivity contribution in [2.24, 2.45) is 0 Å². The predicted octanol–water partition coefficient (Wildman–Crippen LogP) is 3.71. The van der Waals surface area contributed by atoms with Crippen molar-refractivity contribution in [3.05, 3.63) is 28.3 Å². The van der Waals surface area contributed by atoms with Crippen LogP contribution in [0, 0.1) is 10.1 Å². The molecular weight excluding hydrogens is 390 g/mol. The number of hydrogen-bond donors (Lipinski definition) is 0. The molecule has 1 amide bonds. The zero-order chi connectivity index (χ0) is 19.8. The summed E-state index contributed by atoms with van der Waals surface area (Å²) in [5.41, 5.74) is -0.0834. The molecule has 27 heavy (non-hydrogen) atoms. The van der Waals surface area contributed by atoms with Gasteiger partial charge in [-0.25, -0.2) is 9.78 Å². The monoisotopic (exact) mass is 411 g/mol. The molecule has 0 spiro atoms. The highest BCUT2D eigenvalue weighted by Gasteiger charge is 2.31. The minimum atomic E-state index is -1.31. The Morgan fingerprint density at radius 3 is 2.63 bits per heavy atom. The number of benzene rings is 1. The Hall–Kier alpha value is -2.07. The fraction of sp³-hybridized carbons (Fsp3) is 0.529.